The summed E-state index contributed by atoms with van der Waals surface area (Å²) < 4.78 is 10.1. The van der Waals surface area contributed by atoms with Gasteiger partial charge in [0.2, 0.25) is 0 Å². The standard InChI is InChI=1S/C17H22N6O3/c1-19-7-8-22(12-18)13-2-4-14(5-3-13)23-11-15(26-17(23)24)10-20-16-6-9-25-21-16/h2-6,9,12,15,18-19H,7-8,10-11H2,1H3,(H,20,21). The number of rotatable bonds is 9. The lowest BCUT2D eigenvalue weighted by atomic mass is 10.2. The van der Waals surface area contributed by atoms with Gasteiger partial charge in [-0.2, -0.15) is 0 Å². The topological polar surface area (TPSA) is 107 Å². The predicted molar refractivity (Wildman–Crippen MR) is 99.1 cm³/mol. The van der Waals surface area contributed by atoms with Crippen molar-refractivity contribution in [2.45, 2.75) is 6.10 Å². The van der Waals surface area contributed by atoms with Crippen LogP contribution in [0.5, 0.6) is 0 Å². The maximum atomic E-state index is 12.1. The summed E-state index contributed by atoms with van der Waals surface area (Å²) in [5.41, 5.74) is 1.66. The smallest absolute Gasteiger partial charge is 0.414 e. The fourth-order valence-corrected chi connectivity index (χ4v) is 2.69. The summed E-state index contributed by atoms with van der Waals surface area (Å²) in [6.07, 6.45) is 2.13. The summed E-state index contributed by atoms with van der Waals surface area (Å²) >= 11 is 0. The van der Waals surface area contributed by atoms with Gasteiger partial charge < -0.3 is 24.8 Å². The summed E-state index contributed by atoms with van der Waals surface area (Å²) in [5, 5.41) is 17.4. The molecule has 2 aromatic rings. The third-order valence-corrected chi connectivity index (χ3v) is 4.07. The number of ether oxygens (including phenoxy) is 1. The van der Waals surface area contributed by atoms with Crippen LogP contribution < -0.4 is 20.4 Å². The highest BCUT2D eigenvalue weighted by Crippen LogP contribution is 2.24. The van der Waals surface area contributed by atoms with E-state index >= 15 is 0 Å². The van der Waals surface area contributed by atoms with E-state index in [4.69, 9.17) is 14.7 Å². The van der Waals surface area contributed by atoms with Gasteiger partial charge in [-0.1, -0.05) is 5.16 Å². The van der Waals surface area contributed by atoms with E-state index in [1.807, 2.05) is 36.2 Å². The van der Waals surface area contributed by atoms with Crippen LogP contribution in [0.4, 0.5) is 22.0 Å². The molecule has 3 rings (SSSR count). The number of anilines is 3. The fourth-order valence-electron chi connectivity index (χ4n) is 2.69. The minimum absolute atomic E-state index is 0.271. The lowest BCUT2D eigenvalue weighted by Crippen LogP contribution is -2.29. The van der Waals surface area contributed by atoms with Gasteiger partial charge in [0.15, 0.2) is 5.82 Å². The molecule has 0 aliphatic carbocycles. The van der Waals surface area contributed by atoms with Gasteiger partial charge >= 0.3 is 6.09 Å². The molecule has 1 atom stereocenters. The molecule has 0 saturated carbocycles. The van der Waals surface area contributed by atoms with Crippen LogP contribution in [0.25, 0.3) is 0 Å². The molecule has 1 fully saturated rings. The Kier molecular flexibility index (Phi) is 5.69. The number of hydrogen-bond donors (Lipinski definition) is 3. The zero-order chi connectivity index (χ0) is 18.4. The van der Waals surface area contributed by atoms with Gasteiger partial charge in [0.25, 0.3) is 0 Å². The second-order valence-electron chi connectivity index (χ2n) is 5.82. The van der Waals surface area contributed by atoms with Gasteiger partial charge in [0.1, 0.15) is 12.4 Å². The molecule has 2 heterocycles. The van der Waals surface area contributed by atoms with Crippen LogP contribution in [0.3, 0.4) is 0 Å². The molecular formula is C17H22N6O3. The van der Waals surface area contributed by atoms with E-state index in [-0.39, 0.29) is 12.2 Å². The number of benzene rings is 1. The molecular weight excluding hydrogens is 336 g/mol. The molecule has 1 unspecified atom stereocenters. The first-order chi connectivity index (χ1) is 12.7. The molecule has 1 aromatic carbocycles. The number of aromatic nitrogens is 1. The molecule has 26 heavy (non-hydrogen) atoms. The molecule has 1 aromatic heterocycles. The SMILES string of the molecule is CNCCN(C=N)c1ccc(N2CC(CNc3ccon3)OC2=O)cc1. The van der Waals surface area contributed by atoms with Gasteiger partial charge in [-0.3, -0.25) is 10.3 Å². The average molecular weight is 358 g/mol. The maximum absolute atomic E-state index is 12.1. The Morgan fingerprint density at radius 1 is 1.38 bits per heavy atom. The molecule has 138 valence electrons. The number of hydrogen-bond acceptors (Lipinski definition) is 7. The van der Waals surface area contributed by atoms with E-state index < -0.39 is 0 Å². The van der Waals surface area contributed by atoms with Crippen LogP contribution in [0.15, 0.2) is 41.1 Å². The summed E-state index contributed by atoms with van der Waals surface area (Å²) in [6.45, 7) is 2.38. The van der Waals surface area contributed by atoms with Crippen LogP contribution in [0.1, 0.15) is 0 Å². The zero-order valence-electron chi connectivity index (χ0n) is 14.5. The van der Waals surface area contributed by atoms with Crippen molar-refractivity contribution < 1.29 is 14.1 Å². The van der Waals surface area contributed by atoms with Gasteiger partial charge in [0, 0.05) is 30.5 Å². The van der Waals surface area contributed by atoms with Gasteiger partial charge in [0.05, 0.1) is 19.4 Å². The molecule has 1 saturated heterocycles. The number of nitrogens with one attached hydrogen (secondary N) is 3. The average Bonchev–Trinajstić information content (AvgIpc) is 3.31. The summed E-state index contributed by atoms with van der Waals surface area (Å²) in [5.74, 6) is 0.608. The maximum Gasteiger partial charge on any atom is 0.414 e. The minimum atomic E-state index is -0.371. The summed E-state index contributed by atoms with van der Waals surface area (Å²) in [6, 6.07) is 9.21. The van der Waals surface area contributed by atoms with Crippen LogP contribution in [-0.2, 0) is 4.74 Å². The van der Waals surface area contributed by atoms with Gasteiger partial charge in [-0.15, -0.1) is 0 Å². The van der Waals surface area contributed by atoms with Crippen molar-refractivity contribution in [1.82, 2.24) is 10.5 Å². The van der Waals surface area contributed by atoms with E-state index in [2.05, 4.69) is 15.8 Å². The van der Waals surface area contributed by atoms with Crippen molar-refractivity contribution >= 4 is 29.6 Å². The number of carbonyl (C=O) groups excluding carboxylic acids is 1. The Morgan fingerprint density at radius 3 is 2.85 bits per heavy atom. The van der Waals surface area contributed by atoms with Crippen molar-refractivity contribution in [3.63, 3.8) is 0 Å². The van der Waals surface area contributed by atoms with E-state index in [1.165, 1.54) is 12.6 Å². The monoisotopic (exact) mass is 358 g/mol. The Morgan fingerprint density at radius 2 is 2.19 bits per heavy atom. The number of nitrogens with zero attached hydrogens (tertiary/aromatic N) is 3. The molecule has 1 aliphatic heterocycles. The second-order valence-corrected chi connectivity index (χ2v) is 5.82. The Bertz CT molecular complexity index is 719. The lowest BCUT2D eigenvalue weighted by Gasteiger charge is -2.20. The van der Waals surface area contributed by atoms with Crippen LogP contribution >= 0.6 is 0 Å². The minimum Gasteiger partial charge on any atom is -0.442 e. The van der Waals surface area contributed by atoms with Crippen LogP contribution in [0, 0.1) is 5.41 Å². The van der Waals surface area contributed by atoms with Crippen molar-refractivity contribution in [2.75, 3.05) is 48.3 Å². The summed E-state index contributed by atoms with van der Waals surface area (Å²) in [4.78, 5) is 15.6. The predicted octanol–water partition coefficient (Wildman–Crippen LogP) is 1.74. The second kappa shape index (κ2) is 8.34. The number of cyclic esters (lactones) is 1. The molecule has 0 spiro atoms. The molecule has 9 nitrogen and oxygen atoms in total. The first-order valence-corrected chi connectivity index (χ1v) is 8.35. The van der Waals surface area contributed by atoms with Gasteiger partial charge in [-0.05, 0) is 31.3 Å². The molecule has 1 amide bonds. The van der Waals surface area contributed by atoms with Crippen molar-refractivity contribution in [1.29, 1.82) is 5.41 Å². The quantitative estimate of drug-likeness (QED) is 0.463. The molecule has 0 bridgehead atoms. The Balaban J connectivity index is 1.59. The van der Waals surface area contributed by atoms with Gasteiger partial charge in [-0.25, -0.2) is 4.79 Å². The van der Waals surface area contributed by atoms with E-state index in [0.717, 1.165) is 17.9 Å². The van der Waals surface area contributed by atoms with Crippen molar-refractivity contribution in [2.24, 2.45) is 0 Å². The fraction of sp³-hybridized carbons (Fsp3) is 0.353. The normalized spacial score (nSPS) is 16.4. The van der Waals surface area contributed by atoms with E-state index in [9.17, 15) is 4.79 Å². The Labute approximate surface area is 151 Å². The molecule has 1 aliphatic rings. The van der Waals surface area contributed by atoms with E-state index in [1.54, 1.807) is 11.0 Å². The largest absolute Gasteiger partial charge is 0.442 e. The third-order valence-electron chi connectivity index (χ3n) is 4.07. The highest BCUT2D eigenvalue weighted by atomic mass is 16.6. The molecule has 9 heteroatoms. The van der Waals surface area contributed by atoms with E-state index in [0.29, 0.717) is 25.5 Å². The molecule has 3 N–H and O–H groups in total. The first-order valence-electron chi connectivity index (χ1n) is 8.35. The van der Waals surface area contributed by atoms with Crippen LogP contribution in [0.2, 0.25) is 0 Å². The Hall–Kier alpha value is -3.07. The van der Waals surface area contributed by atoms with Crippen LogP contribution in [-0.4, -0.2) is 56.9 Å². The molecule has 0 radical (unpaired) electrons. The lowest BCUT2D eigenvalue weighted by molar-refractivity contribution is 0.147. The first kappa shape index (κ1) is 17.7. The zero-order valence-corrected chi connectivity index (χ0v) is 14.5. The number of likely N-dealkylation sites (N-methyl/N-ethyl adjacent to an activating group) is 1. The summed E-state index contributed by atoms with van der Waals surface area (Å²) in [7, 11) is 1.87. The third kappa shape index (κ3) is 4.12. The van der Waals surface area contributed by atoms with Crippen molar-refractivity contribution in [3.8, 4) is 0 Å². The number of carbonyl (C=O) groups is 1. The van der Waals surface area contributed by atoms with Crippen molar-refractivity contribution in [3.05, 3.63) is 36.6 Å². The number of amides is 1. The highest BCUT2D eigenvalue weighted by Gasteiger charge is 2.32. The highest BCUT2D eigenvalue weighted by molar-refractivity contribution is 5.90.